The predicted molar refractivity (Wildman–Crippen MR) is 131 cm³/mol. The maximum atomic E-state index is 12.6. The number of carbonyl (C=O) groups is 1. The van der Waals surface area contributed by atoms with Gasteiger partial charge in [0.15, 0.2) is 0 Å². The summed E-state index contributed by atoms with van der Waals surface area (Å²) in [6.45, 7) is 2.28. The number of nitrogens with one attached hydrogen (secondary N) is 3. The third kappa shape index (κ3) is 3.86. The lowest BCUT2D eigenvalue weighted by atomic mass is 9.85. The topological polar surface area (TPSA) is 121 Å². The Bertz CT molecular complexity index is 1370. The van der Waals surface area contributed by atoms with Crippen molar-refractivity contribution in [3.8, 4) is 11.3 Å². The lowest BCUT2D eigenvalue weighted by Gasteiger charge is -2.23. The number of rotatable bonds is 5. The standard InChI is InChI=1S/C26H26N6O/c1-15-13-29-23(31-15)14-30-26(33)17-8-6-16(7-9-17)25-19-5-3-2-4-18(19)24-20(12-27)21(28)10-11-22(24)32-25/h6-13,27H,2-5,14,28H2,1H3,(H,29,31)(H,30,33). The molecular weight excluding hydrogens is 412 g/mol. The van der Waals surface area contributed by atoms with Crippen LogP contribution >= 0.6 is 0 Å². The summed E-state index contributed by atoms with van der Waals surface area (Å²) >= 11 is 0. The van der Waals surface area contributed by atoms with Crippen molar-refractivity contribution in [2.24, 2.45) is 0 Å². The van der Waals surface area contributed by atoms with Crippen LogP contribution in [0.3, 0.4) is 0 Å². The van der Waals surface area contributed by atoms with Crippen LogP contribution in [0.1, 0.15) is 51.4 Å². The number of nitrogen functional groups attached to an aromatic ring is 1. The highest BCUT2D eigenvalue weighted by Gasteiger charge is 2.21. The Labute approximate surface area is 192 Å². The van der Waals surface area contributed by atoms with Crippen molar-refractivity contribution in [2.75, 3.05) is 5.73 Å². The molecule has 1 aliphatic rings. The fourth-order valence-corrected chi connectivity index (χ4v) is 4.66. The Morgan fingerprint density at radius 1 is 1.15 bits per heavy atom. The molecule has 166 valence electrons. The molecule has 2 aromatic heterocycles. The van der Waals surface area contributed by atoms with Gasteiger partial charge >= 0.3 is 0 Å². The van der Waals surface area contributed by atoms with Crippen molar-refractivity contribution in [3.05, 3.63) is 76.4 Å². The van der Waals surface area contributed by atoms with E-state index < -0.39 is 0 Å². The summed E-state index contributed by atoms with van der Waals surface area (Å²) in [5.41, 5.74) is 14.4. The average molecular weight is 439 g/mol. The van der Waals surface area contributed by atoms with E-state index in [9.17, 15) is 4.79 Å². The molecule has 0 unspecified atom stereocenters. The van der Waals surface area contributed by atoms with Crippen molar-refractivity contribution < 1.29 is 4.79 Å². The van der Waals surface area contributed by atoms with Crippen molar-refractivity contribution in [1.29, 1.82) is 5.41 Å². The van der Waals surface area contributed by atoms with Gasteiger partial charge in [-0.1, -0.05) is 12.1 Å². The van der Waals surface area contributed by atoms with Gasteiger partial charge in [-0.25, -0.2) is 9.97 Å². The van der Waals surface area contributed by atoms with Crippen LogP contribution in [0.25, 0.3) is 22.2 Å². The second-order valence-electron chi connectivity index (χ2n) is 8.50. The van der Waals surface area contributed by atoms with Crippen LogP contribution in [-0.2, 0) is 19.4 Å². The van der Waals surface area contributed by atoms with Crippen LogP contribution in [-0.4, -0.2) is 27.1 Å². The third-order valence-electron chi connectivity index (χ3n) is 6.28. The number of aromatic nitrogens is 3. The van der Waals surface area contributed by atoms with E-state index in [1.807, 2.05) is 43.3 Å². The van der Waals surface area contributed by atoms with Crippen molar-refractivity contribution in [1.82, 2.24) is 20.3 Å². The van der Waals surface area contributed by atoms with Gasteiger partial charge in [0.2, 0.25) is 0 Å². The Balaban J connectivity index is 1.48. The number of H-pyrrole nitrogens is 1. The summed E-state index contributed by atoms with van der Waals surface area (Å²) < 4.78 is 0. The highest BCUT2D eigenvalue weighted by molar-refractivity contribution is 6.05. The fourth-order valence-electron chi connectivity index (χ4n) is 4.66. The van der Waals surface area contributed by atoms with E-state index in [4.69, 9.17) is 16.1 Å². The molecule has 4 aromatic rings. The Hall–Kier alpha value is -4.00. The first-order valence-electron chi connectivity index (χ1n) is 11.2. The summed E-state index contributed by atoms with van der Waals surface area (Å²) in [7, 11) is 0. The quantitative estimate of drug-likeness (QED) is 0.274. The maximum absolute atomic E-state index is 12.6. The minimum Gasteiger partial charge on any atom is -0.398 e. The van der Waals surface area contributed by atoms with Crippen molar-refractivity contribution in [3.63, 3.8) is 0 Å². The number of fused-ring (bicyclic) bond motifs is 3. The Morgan fingerprint density at radius 2 is 1.91 bits per heavy atom. The van der Waals surface area contributed by atoms with Gasteiger partial charge in [-0.15, -0.1) is 0 Å². The van der Waals surface area contributed by atoms with Crippen LogP contribution in [0, 0.1) is 12.3 Å². The summed E-state index contributed by atoms with van der Waals surface area (Å²) in [6, 6.07) is 11.4. The van der Waals surface area contributed by atoms with E-state index in [1.54, 1.807) is 6.20 Å². The number of imidazole rings is 1. The summed E-state index contributed by atoms with van der Waals surface area (Å²) in [5, 5.41) is 11.8. The van der Waals surface area contributed by atoms with E-state index in [2.05, 4.69) is 15.3 Å². The molecule has 5 rings (SSSR count). The first-order chi connectivity index (χ1) is 16.0. The molecule has 2 aromatic carbocycles. The molecule has 0 saturated carbocycles. The highest BCUT2D eigenvalue weighted by atomic mass is 16.1. The molecule has 0 bridgehead atoms. The van der Waals surface area contributed by atoms with Gasteiger partial charge in [0.05, 0.1) is 17.8 Å². The van der Waals surface area contributed by atoms with E-state index in [-0.39, 0.29) is 5.91 Å². The number of hydrogen-bond acceptors (Lipinski definition) is 5. The maximum Gasteiger partial charge on any atom is 0.251 e. The van der Waals surface area contributed by atoms with E-state index >= 15 is 0 Å². The Morgan fingerprint density at radius 3 is 2.61 bits per heavy atom. The van der Waals surface area contributed by atoms with Gasteiger partial charge < -0.3 is 21.4 Å². The number of aryl methyl sites for hydroxylation is 2. The minimum absolute atomic E-state index is 0.143. The van der Waals surface area contributed by atoms with Crippen LogP contribution in [0.5, 0.6) is 0 Å². The fraction of sp³-hybridized carbons (Fsp3) is 0.231. The number of pyridine rings is 1. The smallest absolute Gasteiger partial charge is 0.251 e. The number of amides is 1. The molecule has 0 atom stereocenters. The average Bonchev–Trinajstić information content (AvgIpc) is 3.27. The van der Waals surface area contributed by atoms with E-state index in [0.717, 1.165) is 64.9 Å². The van der Waals surface area contributed by atoms with E-state index in [0.29, 0.717) is 17.8 Å². The lowest BCUT2D eigenvalue weighted by Crippen LogP contribution is -2.23. The van der Waals surface area contributed by atoms with Gasteiger partial charge in [-0.05, 0) is 68.0 Å². The number of carbonyl (C=O) groups excluding carboxylic acids is 1. The number of aromatic amines is 1. The summed E-state index contributed by atoms with van der Waals surface area (Å²) in [4.78, 5) is 24.9. The van der Waals surface area contributed by atoms with E-state index in [1.165, 1.54) is 17.3 Å². The van der Waals surface area contributed by atoms with Gasteiger partial charge in [0.25, 0.3) is 5.91 Å². The summed E-state index contributed by atoms with van der Waals surface area (Å²) in [6.07, 6.45) is 7.22. The molecule has 7 nitrogen and oxygen atoms in total. The monoisotopic (exact) mass is 438 g/mol. The normalized spacial score (nSPS) is 13.0. The number of benzene rings is 2. The molecule has 0 saturated heterocycles. The predicted octanol–water partition coefficient (Wildman–Crippen LogP) is 4.32. The van der Waals surface area contributed by atoms with Crippen LogP contribution in [0.2, 0.25) is 0 Å². The van der Waals surface area contributed by atoms with Crippen LogP contribution in [0.15, 0.2) is 42.6 Å². The second-order valence-corrected chi connectivity index (χ2v) is 8.50. The summed E-state index contributed by atoms with van der Waals surface area (Å²) in [5.74, 6) is 0.588. The SMILES string of the molecule is Cc1cnc(CNC(=O)c2ccc(-c3nc4ccc(N)c(C=N)c4c4c3CCCC4)cc2)[nH]1. The molecule has 7 heteroatoms. The van der Waals surface area contributed by atoms with Crippen molar-refractivity contribution >= 4 is 28.7 Å². The number of anilines is 1. The minimum atomic E-state index is -0.143. The zero-order valence-electron chi connectivity index (χ0n) is 18.5. The molecule has 0 radical (unpaired) electrons. The molecule has 33 heavy (non-hydrogen) atoms. The number of nitrogens with zero attached hydrogens (tertiary/aromatic N) is 2. The van der Waals surface area contributed by atoms with Gasteiger partial charge in [0, 0.05) is 45.9 Å². The molecular formula is C26H26N6O. The first kappa shape index (κ1) is 20.9. The molecule has 0 aliphatic heterocycles. The molecule has 1 aliphatic carbocycles. The molecule has 5 N–H and O–H groups in total. The van der Waals surface area contributed by atoms with Gasteiger partial charge in [-0.3, -0.25) is 4.79 Å². The van der Waals surface area contributed by atoms with Crippen LogP contribution in [0.4, 0.5) is 5.69 Å². The second kappa shape index (κ2) is 8.50. The molecule has 0 spiro atoms. The van der Waals surface area contributed by atoms with Gasteiger partial charge in [0.1, 0.15) is 5.82 Å². The molecule has 0 fully saturated rings. The van der Waals surface area contributed by atoms with Gasteiger partial charge in [-0.2, -0.15) is 0 Å². The first-order valence-corrected chi connectivity index (χ1v) is 11.2. The molecule has 2 heterocycles. The molecule has 1 amide bonds. The number of hydrogen-bond donors (Lipinski definition) is 4. The zero-order chi connectivity index (χ0) is 22.9. The number of nitrogens with two attached hydrogens (primary N) is 1. The lowest BCUT2D eigenvalue weighted by molar-refractivity contribution is 0.0950. The van der Waals surface area contributed by atoms with Crippen molar-refractivity contribution in [2.45, 2.75) is 39.2 Å². The van der Waals surface area contributed by atoms with Crippen LogP contribution < -0.4 is 11.1 Å². The Kier molecular flexibility index (Phi) is 5.38. The third-order valence-corrected chi connectivity index (χ3v) is 6.28. The highest BCUT2D eigenvalue weighted by Crippen LogP contribution is 2.37. The zero-order valence-corrected chi connectivity index (χ0v) is 18.5. The largest absolute Gasteiger partial charge is 0.398 e.